The Labute approximate surface area is 159 Å². The summed E-state index contributed by atoms with van der Waals surface area (Å²) in [5.74, 6) is 0.857. The van der Waals surface area contributed by atoms with Gasteiger partial charge in [0, 0.05) is 43.9 Å². The van der Waals surface area contributed by atoms with Crippen molar-refractivity contribution in [2.24, 2.45) is 4.99 Å². The summed E-state index contributed by atoms with van der Waals surface area (Å²) in [4.78, 5) is 8.52. The standard InChI is InChI=1S/C18H21FN4.HI/c1-20-18(22-11-9-13-6-4-5-10-21-13)23-17-12-15(17)14-7-2-3-8-16(14)19;/h2-8,10,15,17H,9,11-12H2,1H3,(H2,20,22,23);1H. The number of aromatic nitrogens is 1. The molecule has 2 N–H and O–H groups in total. The largest absolute Gasteiger partial charge is 0.356 e. The third-order valence-electron chi connectivity index (χ3n) is 4.04. The van der Waals surface area contributed by atoms with E-state index in [4.69, 9.17) is 0 Å². The van der Waals surface area contributed by atoms with Crippen molar-refractivity contribution in [2.75, 3.05) is 13.6 Å². The average Bonchev–Trinajstić information content (AvgIpc) is 3.34. The van der Waals surface area contributed by atoms with Crippen LogP contribution in [0.5, 0.6) is 0 Å². The Morgan fingerprint density at radius 3 is 2.75 bits per heavy atom. The summed E-state index contributed by atoms with van der Waals surface area (Å²) < 4.78 is 13.8. The molecule has 1 aliphatic rings. The van der Waals surface area contributed by atoms with Gasteiger partial charge in [-0.3, -0.25) is 9.98 Å². The number of rotatable bonds is 5. The van der Waals surface area contributed by atoms with Crippen molar-refractivity contribution in [3.63, 3.8) is 0 Å². The van der Waals surface area contributed by atoms with E-state index < -0.39 is 0 Å². The van der Waals surface area contributed by atoms with Gasteiger partial charge in [0.15, 0.2) is 5.96 Å². The van der Waals surface area contributed by atoms with Gasteiger partial charge in [0.1, 0.15) is 5.82 Å². The lowest BCUT2D eigenvalue weighted by molar-refractivity contribution is 0.607. The van der Waals surface area contributed by atoms with Gasteiger partial charge in [0.05, 0.1) is 0 Å². The summed E-state index contributed by atoms with van der Waals surface area (Å²) in [6, 6.07) is 13.1. The monoisotopic (exact) mass is 440 g/mol. The second-order valence-electron chi connectivity index (χ2n) is 5.68. The predicted octanol–water partition coefficient (Wildman–Crippen LogP) is 3.10. The predicted molar refractivity (Wildman–Crippen MR) is 105 cm³/mol. The topological polar surface area (TPSA) is 49.3 Å². The van der Waals surface area contributed by atoms with E-state index in [0.29, 0.717) is 0 Å². The van der Waals surface area contributed by atoms with Gasteiger partial charge in [-0.25, -0.2) is 4.39 Å². The van der Waals surface area contributed by atoms with Gasteiger partial charge >= 0.3 is 0 Å². The van der Waals surface area contributed by atoms with Crippen LogP contribution < -0.4 is 10.6 Å². The second kappa shape index (κ2) is 8.96. The molecule has 1 aromatic heterocycles. The normalized spacial score (nSPS) is 19.3. The lowest BCUT2D eigenvalue weighted by Crippen LogP contribution is -2.40. The molecule has 0 spiro atoms. The van der Waals surface area contributed by atoms with E-state index in [1.54, 1.807) is 19.3 Å². The number of hydrogen-bond acceptors (Lipinski definition) is 2. The first-order valence-electron chi connectivity index (χ1n) is 7.89. The van der Waals surface area contributed by atoms with Gasteiger partial charge in [-0.05, 0) is 30.2 Å². The molecule has 1 saturated carbocycles. The highest BCUT2D eigenvalue weighted by molar-refractivity contribution is 14.0. The van der Waals surface area contributed by atoms with Crippen LogP contribution in [0, 0.1) is 5.82 Å². The molecule has 2 unspecified atom stereocenters. The van der Waals surface area contributed by atoms with Gasteiger partial charge in [-0.15, -0.1) is 24.0 Å². The quantitative estimate of drug-likeness (QED) is 0.427. The number of halogens is 2. The van der Waals surface area contributed by atoms with Crippen LogP contribution in [0.15, 0.2) is 53.7 Å². The molecule has 128 valence electrons. The van der Waals surface area contributed by atoms with Crippen LogP contribution in [0.4, 0.5) is 4.39 Å². The van der Waals surface area contributed by atoms with Gasteiger partial charge in [0.25, 0.3) is 0 Å². The zero-order valence-electron chi connectivity index (χ0n) is 13.6. The van der Waals surface area contributed by atoms with Crippen LogP contribution in [0.2, 0.25) is 0 Å². The van der Waals surface area contributed by atoms with Crippen LogP contribution >= 0.6 is 24.0 Å². The van der Waals surface area contributed by atoms with Crippen molar-refractivity contribution in [3.05, 3.63) is 65.7 Å². The molecule has 1 aromatic carbocycles. The number of benzene rings is 1. The van der Waals surface area contributed by atoms with Crippen LogP contribution in [0.1, 0.15) is 23.6 Å². The van der Waals surface area contributed by atoms with E-state index in [1.165, 1.54) is 6.07 Å². The smallest absolute Gasteiger partial charge is 0.191 e. The lowest BCUT2D eigenvalue weighted by Gasteiger charge is -2.12. The summed E-state index contributed by atoms with van der Waals surface area (Å²) in [7, 11) is 1.75. The van der Waals surface area contributed by atoms with E-state index in [2.05, 4.69) is 20.6 Å². The maximum absolute atomic E-state index is 13.8. The summed E-state index contributed by atoms with van der Waals surface area (Å²) >= 11 is 0. The average molecular weight is 440 g/mol. The summed E-state index contributed by atoms with van der Waals surface area (Å²) in [5.41, 5.74) is 1.83. The minimum absolute atomic E-state index is 0. The maximum atomic E-state index is 13.8. The molecule has 1 fully saturated rings. The van der Waals surface area contributed by atoms with E-state index >= 15 is 0 Å². The Kier molecular flexibility index (Phi) is 6.96. The van der Waals surface area contributed by atoms with Crippen LogP contribution in [0.25, 0.3) is 0 Å². The Balaban J connectivity index is 0.00000208. The molecule has 0 bridgehead atoms. The van der Waals surface area contributed by atoms with E-state index in [-0.39, 0.29) is 41.8 Å². The van der Waals surface area contributed by atoms with E-state index in [9.17, 15) is 4.39 Å². The van der Waals surface area contributed by atoms with E-state index in [1.807, 2.05) is 30.3 Å². The fourth-order valence-corrected chi connectivity index (χ4v) is 2.70. The number of hydrogen-bond donors (Lipinski definition) is 2. The van der Waals surface area contributed by atoms with Crippen molar-refractivity contribution in [2.45, 2.75) is 24.8 Å². The molecule has 1 aliphatic carbocycles. The summed E-state index contributed by atoms with van der Waals surface area (Å²) in [6.07, 6.45) is 3.57. The first-order valence-corrected chi connectivity index (χ1v) is 7.89. The Morgan fingerprint density at radius 1 is 1.25 bits per heavy atom. The highest BCUT2D eigenvalue weighted by Crippen LogP contribution is 2.41. The maximum Gasteiger partial charge on any atom is 0.191 e. The number of nitrogens with zero attached hydrogens (tertiary/aromatic N) is 2. The number of guanidine groups is 1. The minimum Gasteiger partial charge on any atom is -0.356 e. The molecule has 6 heteroatoms. The Hall–Kier alpha value is -1.70. The Bertz CT molecular complexity index is 678. The molecule has 0 saturated heterocycles. The summed E-state index contributed by atoms with van der Waals surface area (Å²) in [6.45, 7) is 0.758. The third kappa shape index (κ3) is 4.90. The third-order valence-corrected chi connectivity index (χ3v) is 4.04. The highest BCUT2D eigenvalue weighted by atomic mass is 127. The first kappa shape index (κ1) is 18.6. The zero-order chi connectivity index (χ0) is 16.1. The van der Waals surface area contributed by atoms with Gasteiger partial charge in [-0.1, -0.05) is 24.3 Å². The SMILES string of the molecule is CN=C(NCCc1ccccn1)NC1CC1c1ccccc1F.I. The van der Waals surface area contributed by atoms with Crippen molar-refractivity contribution in [1.82, 2.24) is 15.6 Å². The summed E-state index contributed by atoms with van der Waals surface area (Å²) in [5, 5.41) is 6.64. The molecule has 0 amide bonds. The first-order chi connectivity index (χ1) is 11.3. The fourth-order valence-electron chi connectivity index (χ4n) is 2.70. The molecular weight excluding hydrogens is 418 g/mol. The molecular formula is C18H22FIN4. The van der Waals surface area contributed by atoms with E-state index in [0.717, 1.165) is 36.6 Å². The van der Waals surface area contributed by atoms with Crippen molar-refractivity contribution >= 4 is 29.9 Å². The number of nitrogens with one attached hydrogen (secondary N) is 2. The van der Waals surface area contributed by atoms with Crippen molar-refractivity contribution < 1.29 is 4.39 Å². The van der Waals surface area contributed by atoms with Gasteiger partial charge in [0.2, 0.25) is 0 Å². The second-order valence-corrected chi connectivity index (χ2v) is 5.68. The molecule has 24 heavy (non-hydrogen) atoms. The zero-order valence-corrected chi connectivity index (χ0v) is 15.9. The Morgan fingerprint density at radius 2 is 2.04 bits per heavy atom. The highest BCUT2D eigenvalue weighted by Gasteiger charge is 2.40. The molecule has 2 aromatic rings. The van der Waals surface area contributed by atoms with Gasteiger partial charge < -0.3 is 10.6 Å². The van der Waals surface area contributed by atoms with Gasteiger partial charge in [-0.2, -0.15) is 0 Å². The molecule has 0 aliphatic heterocycles. The molecule has 4 nitrogen and oxygen atoms in total. The number of pyridine rings is 1. The lowest BCUT2D eigenvalue weighted by atomic mass is 10.1. The van der Waals surface area contributed by atoms with Crippen LogP contribution in [-0.2, 0) is 6.42 Å². The molecule has 2 atom stereocenters. The molecule has 0 radical (unpaired) electrons. The molecule has 1 heterocycles. The van der Waals surface area contributed by atoms with Crippen LogP contribution in [0.3, 0.4) is 0 Å². The fraction of sp³-hybridized carbons (Fsp3) is 0.333. The van der Waals surface area contributed by atoms with Crippen LogP contribution in [-0.4, -0.2) is 30.6 Å². The molecule has 3 rings (SSSR count). The van der Waals surface area contributed by atoms with Crippen molar-refractivity contribution in [1.29, 1.82) is 0 Å². The van der Waals surface area contributed by atoms with Crippen molar-refractivity contribution in [3.8, 4) is 0 Å². The minimum atomic E-state index is -0.125. The number of aliphatic imine (C=N–C) groups is 1.